The number of ether oxygens (including phenoxy) is 1. The molecule has 0 N–H and O–H groups in total. The lowest BCUT2D eigenvalue weighted by Gasteiger charge is -2.25. The lowest BCUT2D eigenvalue weighted by atomic mass is 10.2. The number of hydrogen-bond acceptors (Lipinski definition) is 5. The minimum Gasteiger partial charge on any atom is -0.443 e. The predicted molar refractivity (Wildman–Crippen MR) is 57.0 cm³/mol. The van der Waals surface area contributed by atoms with E-state index in [4.69, 9.17) is 4.74 Å². The third-order valence-corrected chi connectivity index (χ3v) is 3.39. The van der Waals surface area contributed by atoms with Gasteiger partial charge in [0.2, 0.25) is 0 Å². The molecule has 6 nitrogen and oxygen atoms in total. The highest BCUT2D eigenvalue weighted by atomic mass is 32.2. The van der Waals surface area contributed by atoms with Gasteiger partial charge in [0.25, 0.3) is 0 Å². The molecule has 0 radical (unpaired) electrons. The smallest absolute Gasteiger partial charge is 0.426 e. The molecule has 0 aromatic heterocycles. The van der Waals surface area contributed by atoms with Crippen LogP contribution in [0.15, 0.2) is 0 Å². The van der Waals surface area contributed by atoms with Gasteiger partial charge >= 0.3 is 16.4 Å². The molecular formula is C9H17NO5S. The van der Waals surface area contributed by atoms with E-state index in [0.29, 0.717) is 10.7 Å². The van der Waals surface area contributed by atoms with Gasteiger partial charge < -0.3 is 4.74 Å². The second kappa shape index (κ2) is 4.21. The second-order valence-electron chi connectivity index (χ2n) is 4.58. The molecule has 0 aromatic carbocycles. The van der Waals surface area contributed by atoms with Gasteiger partial charge in [-0.2, -0.15) is 12.7 Å². The van der Waals surface area contributed by atoms with Crippen LogP contribution in [0.3, 0.4) is 0 Å². The highest BCUT2D eigenvalue weighted by Gasteiger charge is 2.43. The number of nitrogens with zero attached hydrogens (tertiary/aromatic N) is 1. The summed E-state index contributed by atoms with van der Waals surface area (Å²) in [6, 6.07) is -0.472. The van der Waals surface area contributed by atoms with Crippen molar-refractivity contribution >= 4 is 16.4 Å². The Morgan fingerprint density at radius 1 is 1.50 bits per heavy atom. The minimum atomic E-state index is -3.96. The molecular weight excluding hydrogens is 234 g/mol. The van der Waals surface area contributed by atoms with Crippen molar-refractivity contribution in [2.75, 3.05) is 6.61 Å². The molecule has 0 spiro atoms. The van der Waals surface area contributed by atoms with Crippen LogP contribution >= 0.6 is 0 Å². The van der Waals surface area contributed by atoms with Crippen LogP contribution in [0.1, 0.15) is 34.1 Å². The van der Waals surface area contributed by atoms with Crippen LogP contribution in [0.4, 0.5) is 4.79 Å². The lowest BCUT2D eigenvalue weighted by Crippen LogP contribution is -2.42. The topological polar surface area (TPSA) is 72.9 Å². The maximum Gasteiger partial charge on any atom is 0.426 e. The SMILES string of the molecule is CC[C@H]1COS(=O)(=O)N1C(=O)OC(C)(C)C. The quantitative estimate of drug-likeness (QED) is 0.702. The zero-order valence-corrected chi connectivity index (χ0v) is 10.7. The van der Waals surface area contributed by atoms with E-state index in [1.54, 1.807) is 27.7 Å². The summed E-state index contributed by atoms with van der Waals surface area (Å²) in [6.45, 7) is 6.81. The van der Waals surface area contributed by atoms with Crippen LogP contribution in [-0.4, -0.2) is 37.1 Å². The fraction of sp³-hybridized carbons (Fsp3) is 0.889. The maximum atomic E-state index is 11.7. The Morgan fingerprint density at radius 2 is 2.06 bits per heavy atom. The molecule has 0 aliphatic carbocycles. The molecule has 0 saturated carbocycles. The molecule has 1 aliphatic rings. The summed E-state index contributed by atoms with van der Waals surface area (Å²) in [5.41, 5.74) is -0.729. The van der Waals surface area contributed by atoms with E-state index in [1.807, 2.05) is 0 Å². The first-order valence-electron chi connectivity index (χ1n) is 5.09. The summed E-state index contributed by atoms with van der Waals surface area (Å²) in [5, 5.41) is 0. The summed E-state index contributed by atoms with van der Waals surface area (Å²) in [7, 11) is -3.96. The third kappa shape index (κ3) is 2.85. The van der Waals surface area contributed by atoms with Gasteiger partial charge in [-0.25, -0.2) is 4.79 Å². The Hall–Kier alpha value is -0.820. The van der Waals surface area contributed by atoms with E-state index < -0.39 is 28.0 Å². The Balaban J connectivity index is 2.88. The monoisotopic (exact) mass is 251 g/mol. The summed E-state index contributed by atoms with van der Waals surface area (Å²) in [4.78, 5) is 11.7. The summed E-state index contributed by atoms with van der Waals surface area (Å²) in [6.07, 6.45) is -0.379. The van der Waals surface area contributed by atoms with Crippen molar-refractivity contribution in [3.63, 3.8) is 0 Å². The van der Waals surface area contributed by atoms with Crippen LogP contribution in [0, 0.1) is 0 Å². The first-order chi connectivity index (χ1) is 7.17. The van der Waals surface area contributed by atoms with Crippen molar-refractivity contribution in [3.8, 4) is 0 Å². The Morgan fingerprint density at radius 3 is 2.50 bits per heavy atom. The maximum absolute atomic E-state index is 11.7. The van der Waals surface area contributed by atoms with Gasteiger partial charge in [-0.3, -0.25) is 4.18 Å². The molecule has 1 heterocycles. The predicted octanol–water partition coefficient (Wildman–Crippen LogP) is 1.28. The molecule has 7 heteroatoms. The lowest BCUT2D eigenvalue weighted by molar-refractivity contribution is 0.0355. The molecule has 1 rings (SSSR count). The van der Waals surface area contributed by atoms with E-state index in [-0.39, 0.29) is 6.61 Å². The van der Waals surface area contributed by atoms with Gasteiger partial charge in [-0.05, 0) is 27.2 Å². The number of carbonyl (C=O) groups is 1. The Kier molecular flexibility index (Phi) is 3.49. The third-order valence-electron chi connectivity index (χ3n) is 2.03. The van der Waals surface area contributed by atoms with E-state index in [1.165, 1.54) is 0 Å². The highest BCUT2D eigenvalue weighted by molar-refractivity contribution is 7.85. The summed E-state index contributed by atoms with van der Waals surface area (Å²) >= 11 is 0. The summed E-state index contributed by atoms with van der Waals surface area (Å²) in [5.74, 6) is 0. The van der Waals surface area contributed by atoms with Gasteiger partial charge in [0.05, 0.1) is 12.6 Å². The minimum absolute atomic E-state index is 0.00191. The molecule has 1 atom stereocenters. The molecule has 1 fully saturated rings. The van der Waals surface area contributed by atoms with Gasteiger partial charge in [-0.1, -0.05) is 6.92 Å². The van der Waals surface area contributed by atoms with E-state index in [9.17, 15) is 13.2 Å². The largest absolute Gasteiger partial charge is 0.443 e. The number of rotatable bonds is 1. The standard InChI is InChI=1S/C9H17NO5S/c1-5-7-6-14-16(12,13)10(7)8(11)15-9(2,3)4/h7H,5-6H2,1-4H3/t7-/m0/s1. The molecule has 0 unspecified atom stereocenters. The average Bonchev–Trinajstić information content (AvgIpc) is 2.37. The van der Waals surface area contributed by atoms with Gasteiger partial charge in [0.1, 0.15) is 5.60 Å². The Bertz CT molecular complexity index is 370. The van der Waals surface area contributed by atoms with Crippen LogP contribution in [0.5, 0.6) is 0 Å². The zero-order valence-electron chi connectivity index (χ0n) is 9.89. The van der Waals surface area contributed by atoms with Crippen LogP contribution in [0.25, 0.3) is 0 Å². The van der Waals surface area contributed by atoms with Crippen molar-refractivity contribution in [1.82, 2.24) is 4.31 Å². The number of carbonyl (C=O) groups excluding carboxylic acids is 1. The van der Waals surface area contributed by atoms with Crippen molar-refractivity contribution < 1.29 is 22.1 Å². The molecule has 0 bridgehead atoms. The normalized spacial score (nSPS) is 24.5. The van der Waals surface area contributed by atoms with Crippen molar-refractivity contribution in [3.05, 3.63) is 0 Å². The second-order valence-corrected chi connectivity index (χ2v) is 6.07. The van der Waals surface area contributed by atoms with Crippen LogP contribution < -0.4 is 0 Å². The molecule has 0 aromatic rings. The van der Waals surface area contributed by atoms with Crippen LogP contribution in [0.2, 0.25) is 0 Å². The van der Waals surface area contributed by atoms with Crippen LogP contribution in [-0.2, 0) is 19.2 Å². The average molecular weight is 251 g/mol. The fourth-order valence-electron chi connectivity index (χ4n) is 1.30. The number of hydrogen-bond donors (Lipinski definition) is 0. The van der Waals surface area contributed by atoms with E-state index in [0.717, 1.165) is 0 Å². The van der Waals surface area contributed by atoms with Crippen molar-refractivity contribution in [2.45, 2.75) is 45.8 Å². The van der Waals surface area contributed by atoms with Gasteiger partial charge in [0, 0.05) is 0 Å². The number of amides is 1. The fourth-order valence-corrected chi connectivity index (χ4v) is 2.54. The molecule has 16 heavy (non-hydrogen) atoms. The zero-order chi connectivity index (χ0) is 12.6. The molecule has 94 valence electrons. The first-order valence-corrected chi connectivity index (χ1v) is 6.45. The molecule has 1 saturated heterocycles. The summed E-state index contributed by atoms with van der Waals surface area (Å²) < 4.78 is 33.2. The molecule has 1 amide bonds. The van der Waals surface area contributed by atoms with Crippen molar-refractivity contribution in [2.24, 2.45) is 0 Å². The van der Waals surface area contributed by atoms with Gasteiger partial charge in [-0.15, -0.1) is 0 Å². The first kappa shape index (κ1) is 13.2. The molecule has 1 aliphatic heterocycles. The van der Waals surface area contributed by atoms with E-state index in [2.05, 4.69) is 4.18 Å². The van der Waals surface area contributed by atoms with Gasteiger partial charge in [0.15, 0.2) is 0 Å². The van der Waals surface area contributed by atoms with E-state index >= 15 is 0 Å². The Labute approximate surface area is 95.8 Å². The van der Waals surface area contributed by atoms with Crippen molar-refractivity contribution in [1.29, 1.82) is 0 Å². The highest BCUT2D eigenvalue weighted by Crippen LogP contribution is 2.23.